The van der Waals surface area contributed by atoms with E-state index in [0.717, 1.165) is 17.5 Å². The maximum atomic E-state index is 12.5. The van der Waals surface area contributed by atoms with E-state index in [4.69, 9.17) is 4.74 Å². The van der Waals surface area contributed by atoms with Crippen LogP contribution in [0.25, 0.3) is 32.7 Å². The van der Waals surface area contributed by atoms with Crippen LogP contribution in [-0.4, -0.2) is 40.4 Å². The Labute approximate surface area is 311 Å². The van der Waals surface area contributed by atoms with Crippen molar-refractivity contribution in [2.75, 3.05) is 27.1 Å². The minimum absolute atomic E-state index is 0.00821. The van der Waals surface area contributed by atoms with Gasteiger partial charge in [0.2, 0.25) is 0 Å². The van der Waals surface area contributed by atoms with Gasteiger partial charge in [0, 0.05) is 21.6 Å². The first kappa shape index (κ1) is 38.7. The lowest BCUT2D eigenvalue weighted by Crippen LogP contribution is -2.21. The highest BCUT2D eigenvalue weighted by molar-refractivity contribution is 7.90. The molecule has 5 rings (SSSR count). The van der Waals surface area contributed by atoms with E-state index in [-0.39, 0.29) is 16.2 Å². The van der Waals surface area contributed by atoms with Crippen LogP contribution in [0.15, 0.2) is 102 Å². The minimum Gasteiger partial charge on any atom is -0.361 e. The van der Waals surface area contributed by atoms with E-state index in [1.807, 2.05) is 48.5 Å². The summed E-state index contributed by atoms with van der Waals surface area (Å²) in [5, 5.41) is 0. The summed E-state index contributed by atoms with van der Waals surface area (Å²) in [7, 11) is 0.695. The lowest BCUT2D eigenvalue weighted by atomic mass is 9.78. The molecule has 1 heterocycles. The van der Waals surface area contributed by atoms with Crippen molar-refractivity contribution in [2.24, 2.45) is 0 Å². The normalized spacial score (nSPS) is 12.9. The zero-order valence-electron chi connectivity index (χ0n) is 32.3. The number of rotatable bonds is 11. The van der Waals surface area contributed by atoms with Crippen LogP contribution in [0.4, 0.5) is 0 Å². The molecule has 0 saturated heterocycles. The first-order valence-electron chi connectivity index (χ1n) is 17.7. The predicted octanol–water partition coefficient (Wildman–Crippen LogP) is 11.3. The molecular weight excluding hydrogens is 667 g/mol. The third kappa shape index (κ3) is 9.66. The zero-order valence-corrected chi connectivity index (χ0v) is 34.0. The van der Waals surface area contributed by atoms with Crippen molar-refractivity contribution in [2.45, 2.75) is 89.6 Å². The van der Waals surface area contributed by atoms with Crippen molar-refractivity contribution < 1.29 is 13.2 Å². The van der Waals surface area contributed by atoms with Crippen molar-refractivity contribution in [3.05, 3.63) is 124 Å². The zero-order chi connectivity index (χ0) is 37.4. The van der Waals surface area contributed by atoms with Crippen molar-refractivity contribution in [1.82, 2.24) is 4.90 Å². The van der Waals surface area contributed by atoms with Crippen LogP contribution in [0.3, 0.4) is 0 Å². The highest BCUT2D eigenvalue weighted by Crippen LogP contribution is 2.45. The standard InChI is InChI=1S/C45H55NO3S2/c1-43(2,3)37-15-12-14-34(25-37)35-22-32(28-45(7,8)38-16-13-17-39(26-38)51(11,47)48)23-36(24-35)40-27-41(44(4,5)6)50-42(40)33-20-18-31(19-21-33)29-49-30-46(9)10/h12-27H,28-30H2,1-11H3. The Balaban J connectivity index is 1.66. The molecule has 0 N–H and O–H groups in total. The van der Waals surface area contributed by atoms with Gasteiger partial charge < -0.3 is 4.74 Å². The SMILES string of the molecule is CN(C)COCc1ccc(-c2sc(C(C)(C)C)cc2-c2cc(CC(C)(C)c3cccc(S(C)(=O)=O)c3)cc(-c3cccc(C(C)(C)C)c3)c2)cc1. The van der Waals surface area contributed by atoms with E-state index >= 15 is 0 Å². The largest absolute Gasteiger partial charge is 0.361 e. The number of hydrogen-bond donors (Lipinski definition) is 0. The molecule has 0 bridgehead atoms. The van der Waals surface area contributed by atoms with Crippen molar-refractivity contribution in [1.29, 1.82) is 0 Å². The van der Waals surface area contributed by atoms with Gasteiger partial charge in [-0.25, -0.2) is 8.42 Å². The fourth-order valence-electron chi connectivity index (χ4n) is 6.33. The Hall–Kier alpha value is -3.55. The maximum Gasteiger partial charge on any atom is 0.175 e. The van der Waals surface area contributed by atoms with Crippen LogP contribution in [0.1, 0.15) is 82.5 Å². The fraction of sp³-hybridized carbons (Fsp3) is 0.378. The van der Waals surface area contributed by atoms with E-state index in [2.05, 4.69) is 128 Å². The molecule has 0 aliphatic heterocycles. The number of hydrogen-bond acceptors (Lipinski definition) is 5. The average Bonchev–Trinajstić information content (AvgIpc) is 3.51. The van der Waals surface area contributed by atoms with Gasteiger partial charge in [-0.3, -0.25) is 4.90 Å². The molecular formula is C45H55NO3S2. The van der Waals surface area contributed by atoms with Gasteiger partial charge in [-0.05, 0) is 106 Å². The molecule has 0 fully saturated rings. The van der Waals surface area contributed by atoms with Crippen LogP contribution < -0.4 is 0 Å². The van der Waals surface area contributed by atoms with E-state index in [0.29, 0.717) is 18.2 Å². The number of benzene rings is 4. The summed E-state index contributed by atoms with van der Waals surface area (Å²) in [5.41, 5.74) is 10.3. The Morgan fingerprint density at radius 3 is 1.92 bits per heavy atom. The summed E-state index contributed by atoms with van der Waals surface area (Å²) < 4.78 is 30.8. The van der Waals surface area contributed by atoms with Gasteiger partial charge >= 0.3 is 0 Å². The van der Waals surface area contributed by atoms with Gasteiger partial charge in [-0.2, -0.15) is 0 Å². The molecule has 4 aromatic carbocycles. The molecule has 6 heteroatoms. The van der Waals surface area contributed by atoms with Crippen LogP contribution in [0.2, 0.25) is 0 Å². The molecule has 5 aromatic rings. The van der Waals surface area contributed by atoms with Gasteiger partial charge in [0.05, 0.1) is 18.2 Å². The molecule has 1 aromatic heterocycles. The molecule has 0 unspecified atom stereocenters. The second-order valence-corrected chi connectivity index (χ2v) is 20.0. The first-order valence-corrected chi connectivity index (χ1v) is 20.4. The van der Waals surface area contributed by atoms with Gasteiger partial charge in [0.1, 0.15) is 0 Å². The predicted molar refractivity (Wildman–Crippen MR) is 218 cm³/mol. The Morgan fingerprint density at radius 1 is 0.647 bits per heavy atom. The Morgan fingerprint density at radius 2 is 1.29 bits per heavy atom. The molecule has 0 amide bonds. The molecule has 0 aliphatic carbocycles. The lowest BCUT2D eigenvalue weighted by Gasteiger charge is -2.27. The van der Waals surface area contributed by atoms with Crippen molar-refractivity contribution in [3.63, 3.8) is 0 Å². The summed E-state index contributed by atoms with van der Waals surface area (Å²) in [5.74, 6) is 0. The number of nitrogens with zero attached hydrogens (tertiary/aromatic N) is 1. The minimum atomic E-state index is -3.32. The maximum absolute atomic E-state index is 12.5. The van der Waals surface area contributed by atoms with Crippen molar-refractivity contribution in [3.8, 4) is 32.7 Å². The molecule has 0 spiro atoms. The van der Waals surface area contributed by atoms with Gasteiger partial charge in [0.25, 0.3) is 0 Å². The summed E-state index contributed by atoms with van der Waals surface area (Å²) >= 11 is 1.87. The number of sulfone groups is 1. The van der Waals surface area contributed by atoms with Crippen molar-refractivity contribution >= 4 is 21.2 Å². The van der Waals surface area contributed by atoms with E-state index < -0.39 is 9.84 Å². The third-order valence-corrected chi connectivity index (χ3v) is 12.1. The van der Waals surface area contributed by atoms with Crippen LogP contribution >= 0.6 is 11.3 Å². The second-order valence-electron chi connectivity index (χ2n) is 17.0. The summed E-state index contributed by atoms with van der Waals surface area (Å²) in [6, 6.07) is 34.6. The number of ether oxygens (including phenoxy) is 1. The fourth-order valence-corrected chi connectivity index (χ4v) is 8.24. The van der Waals surface area contributed by atoms with Crippen LogP contribution in [0, 0.1) is 0 Å². The lowest BCUT2D eigenvalue weighted by molar-refractivity contribution is 0.0451. The molecule has 0 atom stereocenters. The van der Waals surface area contributed by atoms with E-state index in [9.17, 15) is 8.42 Å². The average molecular weight is 722 g/mol. The van der Waals surface area contributed by atoms with Crippen LogP contribution in [-0.2, 0) is 43.8 Å². The first-order chi connectivity index (χ1) is 23.7. The summed E-state index contributed by atoms with van der Waals surface area (Å²) in [6.07, 6.45) is 2.02. The van der Waals surface area contributed by atoms with Crippen LogP contribution in [0.5, 0.6) is 0 Å². The molecule has 4 nitrogen and oxygen atoms in total. The Bertz CT molecular complexity index is 2090. The Kier molecular flexibility index (Phi) is 11.2. The molecule has 51 heavy (non-hydrogen) atoms. The quantitative estimate of drug-likeness (QED) is 0.127. The molecule has 0 saturated carbocycles. The highest BCUT2D eigenvalue weighted by atomic mass is 32.2. The highest BCUT2D eigenvalue weighted by Gasteiger charge is 2.26. The van der Waals surface area contributed by atoms with E-state index in [1.54, 1.807) is 6.07 Å². The monoisotopic (exact) mass is 721 g/mol. The molecule has 0 radical (unpaired) electrons. The molecule has 0 aliphatic rings. The molecule has 270 valence electrons. The smallest absolute Gasteiger partial charge is 0.175 e. The van der Waals surface area contributed by atoms with Gasteiger partial charge in [-0.1, -0.05) is 128 Å². The third-order valence-electron chi connectivity index (χ3n) is 9.36. The number of thiophene rings is 1. The summed E-state index contributed by atoms with van der Waals surface area (Å²) in [6.45, 7) is 19.2. The summed E-state index contributed by atoms with van der Waals surface area (Å²) in [4.78, 5) is 4.97. The van der Waals surface area contributed by atoms with E-state index in [1.165, 1.54) is 55.0 Å². The topological polar surface area (TPSA) is 46.6 Å². The van der Waals surface area contributed by atoms with Gasteiger partial charge in [-0.15, -0.1) is 11.3 Å². The van der Waals surface area contributed by atoms with Gasteiger partial charge in [0.15, 0.2) is 9.84 Å². The second kappa shape index (κ2) is 14.8.